The molecule has 3 heterocycles. The highest BCUT2D eigenvalue weighted by Crippen LogP contribution is 2.34. The second-order valence-corrected chi connectivity index (χ2v) is 11.6. The quantitative estimate of drug-likeness (QED) is 0.521. The fourth-order valence-corrected chi connectivity index (χ4v) is 7.11. The van der Waals surface area contributed by atoms with Crippen LogP contribution < -0.4 is 10.1 Å². The van der Waals surface area contributed by atoms with Crippen LogP contribution in [-0.2, 0) is 14.6 Å². The molecule has 31 heavy (non-hydrogen) atoms. The van der Waals surface area contributed by atoms with Gasteiger partial charge < -0.3 is 10.1 Å². The van der Waals surface area contributed by atoms with Crippen molar-refractivity contribution in [1.29, 1.82) is 0 Å². The van der Waals surface area contributed by atoms with Crippen molar-refractivity contribution in [3.05, 3.63) is 41.8 Å². The van der Waals surface area contributed by atoms with E-state index in [9.17, 15) is 13.2 Å². The van der Waals surface area contributed by atoms with Crippen molar-refractivity contribution in [2.75, 3.05) is 24.4 Å². The Morgan fingerprint density at radius 1 is 1.29 bits per heavy atom. The van der Waals surface area contributed by atoms with Gasteiger partial charge in [0.2, 0.25) is 5.91 Å². The third-order valence-electron chi connectivity index (χ3n) is 4.98. The lowest BCUT2D eigenvalue weighted by Crippen LogP contribution is -2.47. The highest BCUT2D eigenvalue weighted by atomic mass is 32.2. The third kappa shape index (κ3) is 4.78. The van der Waals surface area contributed by atoms with Crippen LogP contribution in [-0.4, -0.2) is 59.0 Å². The first kappa shape index (κ1) is 21.8. The third-order valence-corrected chi connectivity index (χ3v) is 8.68. The number of nitrogens with one attached hydrogen (secondary N) is 1. The van der Waals surface area contributed by atoms with E-state index in [-0.39, 0.29) is 23.2 Å². The van der Waals surface area contributed by atoms with Crippen molar-refractivity contribution in [3.8, 4) is 22.1 Å². The first-order valence-corrected chi connectivity index (χ1v) is 13.3. The molecular formula is C20H22N4O4S3. The predicted molar refractivity (Wildman–Crippen MR) is 122 cm³/mol. The summed E-state index contributed by atoms with van der Waals surface area (Å²) in [5, 5.41) is 14.1. The molecule has 1 aromatic carbocycles. The monoisotopic (exact) mass is 478 g/mol. The number of para-hydroxylation sites is 2. The van der Waals surface area contributed by atoms with Crippen molar-refractivity contribution >= 4 is 38.8 Å². The van der Waals surface area contributed by atoms with Crippen molar-refractivity contribution in [2.24, 2.45) is 0 Å². The molecule has 164 valence electrons. The molecule has 0 saturated carbocycles. The predicted octanol–water partition coefficient (Wildman–Crippen LogP) is 2.79. The second kappa shape index (κ2) is 8.64. The molecule has 8 nitrogen and oxygen atoms in total. The number of amides is 1. The summed E-state index contributed by atoms with van der Waals surface area (Å²) >= 11 is 2.79. The fourth-order valence-electron chi connectivity index (χ4n) is 3.57. The summed E-state index contributed by atoms with van der Waals surface area (Å²) in [5.41, 5.74) is 0.0460. The molecule has 2 aromatic heterocycles. The number of hydrogen-bond donors (Lipinski definition) is 1. The average Bonchev–Trinajstić information content (AvgIpc) is 3.45. The van der Waals surface area contributed by atoms with Crippen LogP contribution in [0.2, 0.25) is 0 Å². The van der Waals surface area contributed by atoms with E-state index in [1.807, 2.05) is 46.3 Å². The number of methoxy groups -OCH3 is 1. The van der Waals surface area contributed by atoms with Gasteiger partial charge in [0.15, 0.2) is 20.8 Å². The van der Waals surface area contributed by atoms with Gasteiger partial charge in [0.05, 0.1) is 40.5 Å². The Kier molecular flexibility index (Phi) is 6.09. The SMILES string of the molecule is COc1ccccc1-n1c(SCC(=O)N[C@]2(C)CCS(=O)(=O)C2)nnc1-c1cccs1. The van der Waals surface area contributed by atoms with Crippen LogP contribution in [0.3, 0.4) is 0 Å². The highest BCUT2D eigenvalue weighted by molar-refractivity contribution is 7.99. The topological polar surface area (TPSA) is 103 Å². The molecule has 11 heteroatoms. The van der Waals surface area contributed by atoms with Gasteiger partial charge in [-0.3, -0.25) is 9.36 Å². The van der Waals surface area contributed by atoms with E-state index in [1.165, 1.54) is 11.8 Å². The Balaban J connectivity index is 1.58. The van der Waals surface area contributed by atoms with Crippen LogP contribution >= 0.6 is 23.1 Å². The molecule has 1 fully saturated rings. The van der Waals surface area contributed by atoms with Crippen LogP contribution in [0.5, 0.6) is 5.75 Å². The Hall–Kier alpha value is -2.37. The van der Waals surface area contributed by atoms with Crippen molar-refractivity contribution in [1.82, 2.24) is 20.1 Å². The molecular weight excluding hydrogens is 456 g/mol. The van der Waals surface area contributed by atoms with E-state index in [1.54, 1.807) is 25.4 Å². The molecule has 0 aliphatic carbocycles. The number of aromatic nitrogens is 3. The smallest absolute Gasteiger partial charge is 0.230 e. The molecule has 0 radical (unpaired) electrons. The first-order valence-electron chi connectivity index (χ1n) is 9.57. The largest absolute Gasteiger partial charge is 0.495 e. The maximum Gasteiger partial charge on any atom is 0.230 e. The molecule has 0 spiro atoms. The summed E-state index contributed by atoms with van der Waals surface area (Å²) in [5.74, 6) is 1.25. The number of sulfone groups is 1. The maximum absolute atomic E-state index is 12.6. The number of nitrogens with zero attached hydrogens (tertiary/aromatic N) is 3. The molecule has 1 amide bonds. The minimum absolute atomic E-state index is 0.0314. The van der Waals surface area contributed by atoms with E-state index >= 15 is 0 Å². The van der Waals surface area contributed by atoms with Crippen LogP contribution in [0.15, 0.2) is 46.9 Å². The lowest BCUT2D eigenvalue weighted by molar-refractivity contribution is -0.120. The highest BCUT2D eigenvalue weighted by Gasteiger charge is 2.39. The van der Waals surface area contributed by atoms with Gasteiger partial charge in [-0.15, -0.1) is 21.5 Å². The minimum atomic E-state index is -3.10. The molecule has 1 N–H and O–H groups in total. The summed E-state index contributed by atoms with van der Waals surface area (Å²) in [6, 6.07) is 11.5. The fraction of sp³-hybridized carbons (Fsp3) is 0.350. The van der Waals surface area contributed by atoms with Crippen LogP contribution in [0.4, 0.5) is 0 Å². The number of hydrogen-bond acceptors (Lipinski definition) is 8. The summed E-state index contributed by atoms with van der Waals surface area (Å²) < 4.78 is 31.0. The number of rotatable bonds is 7. The van der Waals surface area contributed by atoms with Crippen LogP contribution in [0.1, 0.15) is 13.3 Å². The zero-order valence-corrected chi connectivity index (χ0v) is 19.5. The zero-order valence-electron chi connectivity index (χ0n) is 17.1. The zero-order chi connectivity index (χ0) is 22.1. The number of benzene rings is 1. The molecule has 1 saturated heterocycles. The molecule has 0 unspecified atom stereocenters. The Morgan fingerprint density at radius 3 is 2.77 bits per heavy atom. The van der Waals surface area contributed by atoms with Crippen LogP contribution in [0, 0.1) is 0 Å². The van der Waals surface area contributed by atoms with Gasteiger partial charge in [0, 0.05) is 0 Å². The van der Waals surface area contributed by atoms with Gasteiger partial charge in [-0.25, -0.2) is 8.42 Å². The van der Waals surface area contributed by atoms with E-state index in [4.69, 9.17) is 4.74 Å². The Bertz CT molecular complexity index is 1190. The van der Waals surface area contributed by atoms with E-state index in [2.05, 4.69) is 15.5 Å². The summed E-state index contributed by atoms with van der Waals surface area (Å²) in [7, 11) is -1.50. The number of thioether (sulfide) groups is 1. The summed E-state index contributed by atoms with van der Waals surface area (Å²) in [6.07, 6.45) is 0.422. The average molecular weight is 479 g/mol. The number of ether oxygens (including phenoxy) is 1. The number of carbonyl (C=O) groups excluding carboxylic acids is 1. The standard InChI is InChI=1S/C20H22N4O4S3/c1-20(9-11-31(26,27)13-20)21-17(25)12-30-19-23-22-18(16-8-5-10-29-16)24(19)14-6-3-4-7-15(14)28-2/h3-8,10H,9,11-13H2,1-2H3,(H,21,25)/t20-/m1/s1. The van der Waals surface area contributed by atoms with Gasteiger partial charge in [-0.2, -0.15) is 0 Å². The molecule has 1 aliphatic heterocycles. The second-order valence-electron chi connectivity index (χ2n) is 7.53. The first-order chi connectivity index (χ1) is 14.8. The Morgan fingerprint density at radius 2 is 2.10 bits per heavy atom. The van der Waals surface area contributed by atoms with Gasteiger partial charge in [0.1, 0.15) is 5.75 Å². The van der Waals surface area contributed by atoms with Gasteiger partial charge in [-0.1, -0.05) is 30.0 Å². The Labute approximate surface area is 188 Å². The van der Waals surface area contributed by atoms with Crippen molar-refractivity contribution in [3.63, 3.8) is 0 Å². The molecule has 0 bridgehead atoms. The summed E-state index contributed by atoms with van der Waals surface area (Å²) in [6.45, 7) is 1.77. The lowest BCUT2D eigenvalue weighted by Gasteiger charge is -2.23. The van der Waals surface area contributed by atoms with E-state index < -0.39 is 15.4 Å². The molecule has 1 atom stereocenters. The van der Waals surface area contributed by atoms with Crippen molar-refractivity contribution < 1.29 is 17.9 Å². The summed E-state index contributed by atoms with van der Waals surface area (Å²) in [4.78, 5) is 13.5. The van der Waals surface area contributed by atoms with Gasteiger partial charge in [-0.05, 0) is 36.9 Å². The number of thiophene rings is 1. The van der Waals surface area contributed by atoms with Crippen molar-refractivity contribution in [2.45, 2.75) is 24.0 Å². The van der Waals surface area contributed by atoms with Gasteiger partial charge >= 0.3 is 0 Å². The number of carbonyl (C=O) groups is 1. The molecule has 4 rings (SSSR count). The van der Waals surface area contributed by atoms with Gasteiger partial charge in [0.25, 0.3) is 0 Å². The van der Waals surface area contributed by atoms with Crippen LogP contribution in [0.25, 0.3) is 16.4 Å². The molecule has 3 aromatic rings. The molecule has 1 aliphatic rings. The lowest BCUT2D eigenvalue weighted by atomic mass is 10.0. The normalized spacial score (nSPS) is 19.9. The van der Waals surface area contributed by atoms with E-state index in [0.29, 0.717) is 23.2 Å². The minimum Gasteiger partial charge on any atom is -0.495 e. The van der Waals surface area contributed by atoms with E-state index in [0.717, 1.165) is 10.6 Å². The maximum atomic E-state index is 12.6.